The van der Waals surface area contributed by atoms with Gasteiger partial charge in [0, 0.05) is 26.5 Å². The second-order valence-electron chi connectivity index (χ2n) is 14.8. The van der Waals surface area contributed by atoms with E-state index >= 15 is 0 Å². The van der Waals surface area contributed by atoms with Crippen molar-refractivity contribution in [2.45, 2.75) is 99.3 Å². The number of phenols is 3. The largest absolute Gasteiger partial charge is 0.872 e. The Morgan fingerprint density at radius 1 is 0.472 bits per heavy atom. The van der Waals surface area contributed by atoms with Gasteiger partial charge < -0.3 is 20.4 Å². The Morgan fingerprint density at radius 2 is 0.887 bits per heavy atom. The number of para-hydroxylation sites is 1. The van der Waals surface area contributed by atoms with Crippen LogP contribution in [0.5, 0.6) is 23.0 Å². The average Bonchev–Trinajstić information content (AvgIpc) is 3.15. The van der Waals surface area contributed by atoms with Gasteiger partial charge in [-0.05, 0) is 86.6 Å². The maximum absolute atomic E-state index is 13.2. The highest BCUT2D eigenvalue weighted by molar-refractivity contribution is 7.82. The highest BCUT2D eigenvalue weighted by Crippen LogP contribution is 2.59. The Bertz CT molecular complexity index is 1880. The molecule has 0 heterocycles. The fourth-order valence-corrected chi connectivity index (χ4v) is 12.3. The van der Waals surface area contributed by atoms with Crippen LogP contribution in [0.3, 0.4) is 0 Å². The molecule has 4 nitrogen and oxygen atoms in total. The molecule has 0 unspecified atom stereocenters. The van der Waals surface area contributed by atoms with E-state index in [1.165, 1.54) is 57.0 Å². The lowest BCUT2D eigenvalue weighted by molar-refractivity contribution is -0.270. The molecule has 53 heavy (non-hydrogen) atoms. The predicted octanol–water partition coefficient (Wildman–Crippen LogP) is 11.3. The van der Waals surface area contributed by atoms with E-state index in [4.69, 9.17) is 0 Å². The third-order valence-corrected chi connectivity index (χ3v) is 15.2. The van der Waals surface area contributed by atoms with Crippen LogP contribution in [-0.2, 0) is 19.3 Å². The Labute approximate surface area is 319 Å². The molecule has 0 fully saturated rings. The number of hydrogen-bond acceptors (Lipinski definition) is 4. The Hall–Kier alpha value is -4.27. The molecule has 5 rings (SSSR count). The first-order chi connectivity index (χ1) is 25.5. The Balaban J connectivity index is 0.000000281. The number of aryl methyl sites for hydroxylation is 3. The first kappa shape index (κ1) is 41.5. The van der Waals surface area contributed by atoms with E-state index in [9.17, 15) is 20.4 Å². The van der Waals surface area contributed by atoms with Gasteiger partial charge in [0.05, 0.1) is 23.8 Å². The van der Waals surface area contributed by atoms with E-state index in [0.29, 0.717) is 47.1 Å². The van der Waals surface area contributed by atoms with Crippen molar-refractivity contribution < 1.29 is 20.4 Å². The van der Waals surface area contributed by atoms with Gasteiger partial charge in [-0.3, -0.25) is 0 Å². The fraction of sp³-hybridized carbons (Fsp3) is 0.375. The number of hydrogen-bond donors (Lipinski definition) is 3. The van der Waals surface area contributed by atoms with Gasteiger partial charge in [-0.25, -0.2) is 0 Å². The molecule has 0 spiro atoms. The molecule has 0 aliphatic heterocycles. The summed E-state index contributed by atoms with van der Waals surface area (Å²) < 4.78 is 0. The first-order valence-electron chi connectivity index (χ1n) is 19.6. The van der Waals surface area contributed by atoms with E-state index in [1.54, 1.807) is 29.6 Å². The molecule has 0 radical (unpaired) electrons. The minimum atomic E-state index is -0.898. The van der Waals surface area contributed by atoms with Gasteiger partial charge in [0.15, 0.2) is 0 Å². The molecule has 0 aromatic heterocycles. The quantitative estimate of drug-likeness (QED) is 0.0882. The predicted molar refractivity (Wildman–Crippen MR) is 225 cm³/mol. The third-order valence-electron chi connectivity index (χ3n) is 10.3. The van der Waals surface area contributed by atoms with Gasteiger partial charge in [-0.2, -0.15) is 0 Å². The van der Waals surface area contributed by atoms with Crippen LogP contribution in [0.4, 0.5) is 0 Å². The summed E-state index contributed by atoms with van der Waals surface area (Å²) in [5, 5.41) is 46.4. The molecule has 3 N–H and O–H groups in total. The van der Waals surface area contributed by atoms with Crippen molar-refractivity contribution in [1.29, 1.82) is 0 Å². The molecule has 0 bridgehead atoms. The summed E-state index contributed by atoms with van der Waals surface area (Å²) in [6.07, 6.45) is 13.7. The topological polar surface area (TPSA) is 83.8 Å². The SMILES string of the molecule is CCCC[P+](CCCC)(CCCC)c1ccccc1.Cc1ccc(O)c(Cc2cccc(Cc3cc(C)cc(Cc4cc(C)ccc4O)c3O)c2[O-])c1. The summed E-state index contributed by atoms with van der Waals surface area (Å²) >= 11 is 0. The van der Waals surface area contributed by atoms with Gasteiger partial charge in [-0.15, -0.1) is 5.75 Å². The standard InChI is InChI=1S/C30H30O4.C18H32P/c1-18-7-9-27(31)23(11-18)15-21-5-4-6-22(29(21)33)16-25-13-20(3)14-26(30(25)34)17-24-12-19(2)8-10-28(24)32;1-4-7-15-19(16-8-5-2,17-9-6-3)18-13-11-10-12-14-18/h4-14,31-34H,15-17H2,1-3H3;10-14H,4-9,15-17H2,1-3H3/q;+1/p-1. The van der Waals surface area contributed by atoms with Gasteiger partial charge in [0.2, 0.25) is 0 Å². The highest BCUT2D eigenvalue weighted by Gasteiger charge is 2.37. The summed E-state index contributed by atoms with van der Waals surface area (Å²) in [7, 11) is -0.898. The lowest BCUT2D eigenvalue weighted by Gasteiger charge is -2.27. The zero-order chi connectivity index (χ0) is 38.4. The van der Waals surface area contributed by atoms with Crippen molar-refractivity contribution >= 4 is 12.6 Å². The number of rotatable bonds is 16. The van der Waals surface area contributed by atoms with Crippen LogP contribution in [0.25, 0.3) is 0 Å². The first-order valence-corrected chi connectivity index (χ1v) is 21.9. The minimum absolute atomic E-state index is 0.0813. The summed E-state index contributed by atoms with van der Waals surface area (Å²) in [4.78, 5) is 0. The van der Waals surface area contributed by atoms with Gasteiger partial charge in [0.25, 0.3) is 0 Å². The molecule has 0 saturated carbocycles. The van der Waals surface area contributed by atoms with Crippen LogP contribution >= 0.6 is 7.26 Å². The second-order valence-corrected chi connectivity index (χ2v) is 19.0. The third kappa shape index (κ3) is 11.6. The number of benzene rings is 5. The van der Waals surface area contributed by atoms with Crippen LogP contribution < -0.4 is 10.4 Å². The second kappa shape index (κ2) is 20.3. The van der Waals surface area contributed by atoms with Gasteiger partial charge >= 0.3 is 0 Å². The fourth-order valence-electron chi connectivity index (χ4n) is 7.30. The maximum atomic E-state index is 13.2. The van der Waals surface area contributed by atoms with Crippen molar-refractivity contribution in [2.24, 2.45) is 0 Å². The molecule has 5 aromatic carbocycles. The van der Waals surface area contributed by atoms with Crippen LogP contribution in [0.1, 0.15) is 109 Å². The van der Waals surface area contributed by atoms with Crippen LogP contribution in [0.15, 0.2) is 97.1 Å². The van der Waals surface area contributed by atoms with Crippen LogP contribution in [0, 0.1) is 20.8 Å². The van der Waals surface area contributed by atoms with E-state index in [-0.39, 0.29) is 23.0 Å². The summed E-state index contributed by atoms with van der Waals surface area (Å²) in [5.41, 5.74) is 7.08. The number of unbranched alkanes of at least 4 members (excludes halogenated alkanes) is 3. The Morgan fingerprint density at radius 3 is 1.34 bits per heavy atom. The van der Waals surface area contributed by atoms with Crippen LogP contribution in [-0.4, -0.2) is 33.8 Å². The lowest BCUT2D eigenvalue weighted by atomic mass is 9.93. The van der Waals surface area contributed by atoms with E-state index in [0.717, 1.165) is 22.3 Å². The smallest absolute Gasteiger partial charge is 0.122 e. The van der Waals surface area contributed by atoms with Crippen molar-refractivity contribution in [3.63, 3.8) is 0 Å². The normalized spacial score (nSPS) is 11.3. The van der Waals surface area contributed by atoms with Gasteiger partial charge in [-0.1, -0.05) is 141 Å². The average molecular weight is 733 g/mol. The molecule has 282 valence electrons. The lowest BCUT2D eigenvalue weighted by Crippen LogP contribution is -2.20. The Kier molecular flexibility index (Phi) is 15.9. The molecular formula is C48H61O4P. The minimum Gasteiger partial charge on any atom is -0.872 e. The molecule has 0 aliphatic carbocycles. The monoisotopic (exact) mass is 732 g/mol. The molecule has 0 atom stereocenters. The number of aromatic hydroxyl groups is 3. The molecule has 5 heteroatoms. The molecule has 0 amide bonds. The van der Waals surface area contributed by atoms with Crippen LogP contribution in [0.2, 0.25) is 0 Å². The van der Waals surface area contributed by atoms with E-state index in [1.807, 2.05) is 63.2 Å². The van der Waals surface area contributed by atoms with Crippen molar-refractivity contribution in [3.8, 4) is 23.0 Å². The molecular weight excluding hydrogens is 671 g/mol. The molecule has 0 saturated heterocycles. The van der Waals surface area contributed by atoms with E-state index < -0.39 is 7.26 Å². The zero-order valence-corrected chi connectivity index (χ0v) is 33.8. The zero-order valence-electron chi connectivity index (χ0n) is 32.9. The van der Waals surface area contributed by atoms with Crippen molar-refractivity contribution in [3.05, 3.63) is 147 Å². The van der Waals surface area contributed by atoms with Crippen molar-refractivity contribution in [1.82, 2.24) is 0 Å². The summed E-state index contributed by atoms with van der Waals surface area (Å²) in [6.45, 7) is 12.9. The maximum Gasteiger partial charge on any atom is 0.122 e. The molecule has 0 aliphatic rings. The van der Waals surface area contributed by atoms with E-state index in [2.05, 4.69) is 51.1 Å². The summed E-state index contributed by atoms with van der Waals surface area (Å²) in [5.74, 6) is 0.438. The summed E-state index contributed by atoms with van der Waals surface area (Å²) in [6, 6.07) is 31.5. The molecule has 5 aromatic rings. The number of phenolic OH excluding ortho intramolecular Hbond substituents is 3. The highest BCUT2D eigenvalue weighted by atomic mass is 31.2. The van der Waals surface area contributed by atoms with Gasteiger partial charge in [0.1, 0.15) is 17.2 Å². The van der Waals surface area contributed by atoms with Crippen molar-refractivity contribution in [2.75, 3.05) is 18.5 Å².